The number of benzene rings is 1. The molecule has 1 aromatic carbocycles. The van der Waals surface area contributed by atoms with Crippen LogP contribution in [0.25, 0.3) is 0 Å². The molecule has 0 bridgehead atoms. The van der Waals surface area contributed by atoms with Crippen LogP contribution in [-0.2, 0) is 11.2 Å². The van der Waals surface area contributed by atoms with Crippen molar-refractivity contribution in [1.29, 1.82) is 0 Å². The monoisotopic (exact) mass is 289 g/mol. The van der Waals surface area contributed by atoms with Crippen molar-refractivity contribution in [1.82, 2.24) is 5.32 Å². The van der Waals surface area contributed by atoms with Crippen LogP contribution >= 0.6 is 0 Å². The highest BCUT2D eigenvalue weighted by Gasteiger charge is 2.19. The Morgan fingerprint density at radius 3 is 2.86 bits per heavy atom. The summed E-state index contributed by atoms with van der Waals surface area (Å²) in [5.41, 5.74) is 2.93. The summed E-state index contributed by atoms with van der Waals surface area (Å²) in [5, 5.41) is 3.46. The maximum absolute atomic E-state index is 6.14. The van der Waals surface area contributed by atoms with Crippen molar-refractivity contribution in [3.63, 3.8) is 0 Å². The lowest BCUT2D eigenvalue weighted by Gasteiger charge is -2.25. The van der Waals surface area contributed by atoms with E-state index in [9.17, 15) is 0 Å². The summed E-state index contributed by atoms with van der Waals surface area (Å²) in [5.74, 6) is 0. The van der Waals surface area contributed by atoms with Crippen LogP contribution in [0.4, 0.5) is 0 Å². The van der Waals surface area contributed by atoms with Gasteiger partial charge >= 0.3 is 0 Å². The van der Waals surface area contributed by atoms with Crippen LogP contribution in [-0.4, -0.2) is 19.7 Å². The van der Waals surface area contributed by atoms with Gasteiger partial charge in [0, 0.05) is 6.61 Å². The normalized spacial score (nSPS) is 17.7. The van der Waals surface area contributed by atoms with Gasteiger partial charge in [-0.25, -0.2) is 0 Å². The van der Waals surface area contributed by atoms with Gasteiger partial charge in [0.25, 0.3) is 0 Å². The van der Waals surface area contributed by atoms with E-state index in [4.69, 9.17) is 4.74 Å². The van der Waals surface area contributed by atoms with Crippen LogP contribution in [0.5, 0.6) is 0 Å². The van der Waals surface area contributed by atoms with Gasteiger partial charge in [-0.15, -0.1) is 0 Å². The molecule has 2 heteroatoms. The molecule has 2 rings (SSSR count). The van der Waals surface area contributed by atoms with Crippen LogP contribution < -0.4 is 5.32 Å². The third kappa shape index (κ3) is 5.80. The fourth-order valence-corrected chi connectivity index (χ4v) is 3.12. The van der Waals surface area contributed by atoms with Gasteiger partial charge in [0.05, 0.1) is 6.10 Å². The molecule has 0 spiro atoms. The topological polar surface area (TPSA) is 21.3 Å². The van der Waals surface area contributed by atoms with Gasteiger partial charge in [-0.1, -0.05) is 44.0 Å². The maximum Gasteiger partial charge on any atom is 0.0827 e. The van der Waals surface area contributed by atoms with E-state index in [0.717, 1.165) is 13.2 Å². The fraction of sp³-hybridized carbons (Fsp3) is 0.684. The quantitative estimate of drug-likeness (QED) is 0.634. The minimum absolute atomic E-state index is 0.348. The summed E-state index contributed by atoms with van der Waals surface area (Å²) in [6.07, 6.45) is 10.4. The number of hydrogen-bond acceptors (Lipinski definition) is 2. The van der Waals surface area contributed by atoms with Gasteiger partial charge in [0.1, 0.15) is 0 Å². The molecule has 1 unspecified atom stereocenters. The van der Waals surface area contributed by atoms with Gasteiger partial charge in [-0.2, -0.15) is 0 Å². The number of ether oxygens (including phenoxy) is 1. The third-order valence-corrected chi connectivity index (χ3v) is 4.31. The Balaban J connectivity index is 1.56. The molecular weight excluding hydrogens is 258 g/mol. The molecule has 0 heterocycles. The molecule has 0 fully saturated rings. The molecule has 1 atom stereocenters. The van der Waals surface area contributed by atoms with Crippen molar-refractivity contribution >= 4 is 0 Å². The van der Waals surface area contributed by atoms with E-state index in [-0.39, 0.29) is 0 Å². The molecule has 1 aliphatic carbocycles. The highest BCUT2D eigenvalue weighted by molar-refractivity contribution is 5.31. The fourth-order valence-electron chi connectivity index (χ4n) is 3.12. The van der Waals surface area contributed by atoms with Crippen molar-refractivity contribution in [2.24, 2.45) is 0 Å². The summed E-state index contributed by atoms with van der Waals surface area (Å²) >= 11 is 0. The van der Waals surface area contributed by atoms with Gasteiger partial charge < -0.3 is 10.1 Å². The average molecular weight is 289 g/mol. The maximum atomic E-state index is 6.14. The van der Waals surface area contributed by atoms with Crippen molar-refractivity contribution in [3.8, 4) is 0 Å². The van der Waals surface area contributed by atoms with Crippen molar-refractivity contribution in [2.45, 2.75) is 64.4 Å². The Hall–Kier alpha value is -0.860. The van der Waals surface area contributed by atoms with Crippen molar-refractivity contribution < 1.29 is 4.74 Å². The van der Waals surface area contributed by atoms with Crippen LogP contribution in [0.3, 0.4) is 0 Å². The predicted molar refractivity (Wildman–Crippen MR) is 89.7 cm³/mol. The zero-order chi connectivity index (χ0) is 14.8. The Morgan fingerprint density at radius 1 is 1.10 bits per heavy atom. The van der Waals surface area contributed by atoms with E-state index in [2.05, 4.69) is 36.5 Å². The van der Waals surface area contributed by atoms with E-state index in [1.807, 2.05) is 0 Å². The Morgan fingerprint density at radius 2 is 1.95 bits per heavy atom. The minimum atomic E-state index is 0.348. The Bertz CT molecular complexity index is 391. The van der Waals surface area contributed by atoms with Crippen LogP contribution in [0, 0.1) is 0 Å². The second-order valence-electron chi connectivity index (χ2n) is 6.11. The van der Waals surface area contributed by atoms with Gasteiger partial charge in [0.15, 0.2) is 0 Å². The zero-order valence-electron chi connectivity index (χ0n) is 13.6. The number of fused-ring (bicyclic) bond motifs is 1. The lowest BCUT2D eigenvalue weighted by Crippen LogP contribution is -2.15. The molecule has 0 aromatic heterocycles. The van der Waals surface area contributed by atoms with E-state index in [1.165, 1.54) is 69.0 Å². The standard InChI is InChI=1S/C19H31NO/c1-2-14-20-15-7-3-4-8-16-21-19-13-9-11-17-10-5-6-12-18(17)19/h5-6,10,12,19-20H,2-4,7-9,11,13-16H2,1H3. The molecule has 118 valence electrons. The van der Waals surface area contributed by atoms with Crippen LogP contribution in [0.15, 0.2) is 24.3 Å². The Kier molecular flexibility index (Phi) is 7.83. The first-order chi connectivity index (χ1) is 10.4. The smallest absolute Gasteiger partial charge is 0.0827 e. The zero-order valence-corrected chi connectivity index (χ0v) is 13.6. The summed E-state index contributed by atoms with van der Waals surface area (Å²) < 4.78 is 6.14. The second kappa shape index (κ2) is 9.97. The Labute approximate surface area is 130 Å². The number of nitrogens with one attached hydrogen (secondary N) is 1. The first-order valence-electron chi connectivity index (χ1n) is 8.82. The second-order valence-corrected chi connectivity index (χ2v) is 6.11. The van der Waals surface area contributed by atoms with E-state index < -0.39 is 0 Å². The van der Waals surface area contributed by atoms with Gasteiger partial charge in [-0.3, -0.25) is 0 Å². The molecule has 0 aliphatic heterocycles. The number of aryl methyl sites for hydroxylation is 1. The van der Waals surface area contributed by atoms with Crippen molar-refractivity contribution in [2.75, 3.05) is 19.7 Å². The molecule has 1 aromatic rings. The molecule has 0 amide bonds. The first kappa shape index (κ1) is 16.5. The molecule has 0 saturated carbocycles. The number of rotatable bonds is 10. The van der Waals surface area contributed by atoms with E-state index >= 15 is 0 Å². The average Bonchev–Trinajstić information content (AvgIpc) is 2.53. The predicted octanol–water partition coefficient (Wildman–Crippen LogP) is 4.64. The number of hydrogen-bond donors (Lipinski definition) is 1. The molecule has 0 saturated heterocycles. The summed E-state index contributed by atoms with van der Waals surface area (Å²) in [6, 6.07) is 8.80. The molecule has 0 radical (unpaired) electrons. The van der Waals surface area contributed by atoms with Crippen LogP contribution in [0.2, 0.25) is 0 Å². The minimum Gasteiger partial charge on any atom is -0.374 e. The third-order valence-electron chi connectivity index (χ3n) is 4.31. The SMILES string of the molecule is CCCNCCCCCCOC1CCCc2ccccc21. The lowest BCUT2D eigenvalue weighted by molar-refractivity contribution is 0.0382. The molecule has 2 nitrogen and oxygen atoms in total. The summed E-state index contributed by atoms with van der Waals surface area (Å²) in [6.45, 7) is 5.46. The van der Waals surface area contributed by atoms with Gasteiger partial charge in [0.2, 0.25) is 0 Å². The lowest BCUT2D eigenvalue weighted by atomic mass is 9.89. The molecular formula is C19H31NO. The number of unbranched alkanes of at least 4 members (excludes halogenated alkanes) is 3. The van der Waals surface area contributed by atoms with Crippen molar-refractivity contribution in [3.05, 3.63) is 35.4 Å². The van der Waals surface area contributed by atoms with E-state index in [1.54, 1.807) is 0 Å². The first-order valence-corrected chi connectivity index (χ1v) is 8.82. The molecule has 21 heavy (non-hydrogen) atoms. The highest BCUT2D eigenvalue weighted by atomic mass is 16.5. The largest absolute Gasteiger partial charge is 0.374 e. The van der Waals surface area contributed by atoms with Gasteiger partial charge in [-0.05, 0) is 62.7 Å². The summed E-state index contributed by atoms with van der Waals surface area (Å²) in [4.78, 5) is 0. The highest BCUT2D eigenvalue weighted by Crippen LogP contribution is 2.32. The summed E-state index contributed by atoms with van der Waals surface area (Å²) in [7, 11) is 0. The molecule has 1 N–H and O–H groups in total. The van der Waals surface area contributed by atoms with E-state index in [0.29, 0.717) is 6.10 Å². The van der Waals surface area contributed by atoms with Crippen LogP contribution in [0.1, 0.15) is 69.1 Å². The molecule has 1 aliphatic rings.